The first-order chi connectivity index (χ1) is 20.3. The van der Waals surface area contributed by atoms with E-state index in [0.29, 0.717) is 5.56 Å². The van der Waals surface area contributed by atoms with Crippen molar-refractivity contribution in [2.45, 2.75) is 11.8 Å². The van der Waals surface area contributed by atoms with Crippen molar-refractivity contribution in [2.24, 2.45) is 16.9 Å². The number of nitrogens with zero attached hydrogens (tertiary/aromatic N) is 4. The molecule has 1 aliphatic heterocycles. The molecule has 1 heterocycles. The van der Waals surface area contributed by atoms with Crippen LogP contribution in [0.5, 0.6) is 11.5 Å². The van der Waals surface area contributed by atoms with Gasteiger partial charge >= 0.3 is 5.69 Å². The van der Waals surface area contributed by atoms with E-state index >= 15 is 0 Å². The van der Waals surface area contributed by atoms with Crippen LogP contribution in [0.2, 0.25) is 0 Å². The molecule has 0 N–H and O–H groups in total. The minimum atomic E-state index is -0.756. The Hall–Kier alpha value is -5.71. The average Bonchev–Trinajstić information content (AvgIpc) is 3.26. The van der Waals surface area contributed by atoms with E-state index in [2.05, 4.69) is 5.10 Å². The lowest BCUT2D eigenvalue weighted by atomic mass is 9.55. The van der Waals surface area contributed by atoms with E-state index in [0.717, 1.165) is 39.4 Å². The molecule has 206 valence electrons. The highest BCUT2D eigenvalue weighted by Crippen LogP contribution is 2.61. The number of hydrogen-bond acceptors (Lipinski definition) is 8. The normalized spacial score (nSPS) is 21.7. The van der Waals surface area contributed by atoms with Crippen LogP contribution in [0, 0.1) is 32.1 Å². The Labute approximate surface area is 238 Å². The number of hydrogen-bond donors (Lipinski definition) is 0. The number of non-ortho nitro benzene ring substituents is 1. The van der Waals surface area contributed by atoms with Gasteiger partial charge in [-0.1, -0.05) is 48.5 Å². The summed E-state index contributed by atoms with van der Waals surface area (Å²) in [6, 6.07) is 25.4. The maximum Gasteiger partial charge on any atom is 0.318 e. The molecule has 2 bridgehead atoms. The number of ether oxygens (including phenoxy) is 1. The summed E-state index contributed by atoms with van der Waals surface area (Å²) in [6.45, 7) is 0. The highest BCUT2D eigenvalue weighted by atomic mass is 16.6. The van der Waals surface area contributed by atoms with Crippen molar-refractivity contribution in [3.63, 3.8) is 0 Å². The second-order valence-electron chi connectivity index (χ2n) is 10.3. The lowest BCUT2D eigenvalue weighted by molar-refractivity contribution is -0.394. The van der Waals surface area contributed by atoms with Crippen molar-refractivity contribution in [3.05, 3.63) is 139 Å². The molecule has 0 aromatic heterocycles. The number of nitro groups is 2. The molecule has 1 fully saturated rings. The van der Waals surface area contributed by atoms with Crippen LogP contribution < -0.4 is 4.74 Å². The van der Waals surface area contributed by atoms with Gasteiger partial charge in [-0.05, 0) is 58.1 Å². The lowest BCUT2D eigenvalue weighted by Crippen LogP contribution is -2.41. The molecule has 0 saturated carbocycles. The standard InChI is InChI=1S/C31H20N4O7/c36-30-28-26-20-5-1-2-6-21(20)27(23-8-4-3-7-22(23)26)29(28)31(37)33(30)32-16-17-9-12-19(13-10-17)42-25-14-11-18(34(38)39)15-24(25)35(40)41/h1-16,26-29H/b32-16-/t26?,27?,28-,29-/m0/s1. The summed E-state index contributed by atoms with van der Waals surface area (Å²) in [6.07, 6.45) is 1.41. The van der Waals surface area contributed by atoms with E-state index < -0.39 is 33.1 Å². The van der Waals surface area contributed by atoms with Crippen LogP contribution in [0.1, 0.15) is 39.7 Å². The topological polar surface area (TPSA) is 145 Å². The Morgan fingerprint density at radius 1 is 0.714 bits per heavy atom. The summed E-state index contributed by atoms with van der Waals surface area (Å²) in [5, 5.41) is 27.7. The molecule has 0 unspecified atom stereocenters. The van der Waals surface area contributed by atoms with Crippen LogP contribution in [0.3, 0.4) is 0 Å². The first-order valence-corrected chi connectivity index (χ1v) is 13.1. The number of carbonyl (C=O) groups is 2. The fourth-order valence-electron chi connectivity index (χ4n) is 6.50. The van der Waals surface area contributed by atoms with Crippen LogP contribution in [-0.4, -0.2) is 32.9 Å². The van der Waals surface area contributed by atoms with Crippen molar-refractivity contribution in [1.29, 1.82) is 0 Å². The van der Waals surface area contributed by atoms with Gasteiger partial charge in [-0.2, -0.15) is 10.1 Å². The van der Waals surface area contributed by atoms with E-state index in [-0.39, 0.29) is 35.1 Å². The zero-order valence-electron chi connectivity index (χ0n) is 21.7. The summed E-state index contributed by atoms with van der Waals surface area (Å²) in [5.74, 6) is -2.06. The smallest absolute Gasteiger partial charge is 0.318 e. The zero-order chi connectivity index (χ0) is 29.1. The summed E-state index contributed by atoms with van der Waals surface area (Å²) < 4.78 is 5.60. The number of benzene rings is 4. The van der Waals surface area contributed by atoms with E-state index in [4.69, 9.17) is 4.74 Å². The third-order valence-electron chi connectivity index (χ3n) is 8.21. The molecular weight excluding hydrogens is 540 g/mol. The predicted molar refractivity (Wildman–Crippen MR) is 149 cm³/mol. The maximum atomic E-state index is 13.7. The summed E-state index contributed by atoms with van der Waals surface area (Å²) in [7, 11) is 0. The lowest BCUT2D eigenvalue weighted by Gasteiger charge is -2.45. The maximum absolute atomic E-state index is 13.7. The van der Waals surface area contributed by atoms with Crippen LogP contribution in [0.15, 0.2) is 96.1 Å². The molecular formula is C31H20N4O7. The van der Waals surface area contributed by atoms with E-state index in [1.54, 1.807) is 12.1 Å². The first kappa shape index (κ1) is 25.3. The molecule has 4 aliphatic rings. The van der Waals surface area contributed by atoms with Crippen molar-refractivity contribution >= 4 is 29.4 Å². The van der Waals surface area contributed by atoms with Crippen LogP contribution in [-0.2, 0) is 9.59 Å². The Morgan fingerprint density at radius 2 is 1.24 bits per heavy atom. The molecule has 0 radical (unpaired) electrons. The summed E-state index contributed by atoms with van der Waals surface area (Å²) in [5.41, 5.74) is 3.92. The third kappa shape index (κ3) is 3.78. The molecule has 2 atom stereocenters. The van der Waals surface area contributed by atoms with Crippen LogP contribution in [0.25, 0.3) is 0 Å². The molecule has 1 saturated heterocycles. The number of nitro benzene ring substituents is 2. The Balaban J connectivity index is 1.13. The van der Waals surface area contributed by atoms with Crippen molar-refractivity contribution < 1.29 is 24.2 Å². The SMILES string of the molecule is O=C1[C@H]2C3c4ccccc4C(c4ccccc43)[C@@H]2C(=O)N1/N=C\c1ccc(Oc2ccc([N+](=O)[O-])cc2[N+](=O)[O-])cc1. The quantitative estimate of drug-likeness (QED) is 0.131. The number of carbonyl (C=O) groups excluding carboxylic acids is 2. The highest BCUT2D eigenvalue weighted by Gasteiger charge is 2.61. The number of hydrazone groups is 1. The van der Waals surface area contributed by atoms with Crippen molar-refractivity contribution in [2.75, 3.05) is 0 Å². The molecule has 42 heavy (non-hydrogen) atoms. The average molecular weight is 561 g/mol. The Kier molecular flexibility index (Phi) is 5.68. The Morgan fingerprint density at radius 3 is 1.71 bits per heavy atom. The van der Waals surface area contributed by atoms with Crippen molar-refractivity contribution in [1.82, 2.24) is 5.01 Å². The van der Waals surface area contributed by atoms with Gasteiger partial charge in [-0.3, -0.25) is 29.8 Å². The second-order valence-corrected chi connectivity index (χ2v) is 10.3. The van der Waals surface area contributed by atoms with Gasteiger partial charge in [-0.15, -0.1) is 0 Å². The third-order valence-corrected chi connectivity index (χ3v) is 8.21. The van der Waals surface area contributed by atoms with Gasteiger partial charge < -0.3 is 4.74 Å². The zero-order valence-corrected chi connectivity index (χ0v) is 21.7. The fourth-order valence-corrected chi connectivity index (χ4v) is 6.50. The molecule has 4 aromatic carbocycles. The minimum Gasteiger partial charge on any atom is -0.450 e. The number of amides is 2. The summed E-state index contributed by atoms with van der Waals surface area (Å²) >= 11 is 0. The predicted octanol–water partition coefficient (Wildman–Crippen LogP) is 5.52. The van der Waals surface area contributed by atoms with Gasteiger partial charge in [0, 0.05) is 17.9 Å². The van der Waals surface area contributed by atoms with Gasteiger partial charge in [0.25, 0.3) is 17.5 Å². The highest BCUT2D eigenvalue weighted by molar-refractivity contribution is 6.08. The van der Waals surface area contributed by atoms with Gasteiger partial charge in [0.05, 0.1) is 34.0 Å². The molecule has 3 aliphatic carbocycles. The summed E-state index contributed by atoms with van der Waals surface area (Å²) in [4.78, 5) is 48.2. The number of imide groups is 1. The van der Waals surface area contributed by atoms with Gasteiger partial charge in [0.1, 0.15) is 5.75 Å². The monoisotopic (exact) mass is 560 g/mol. The first-order valence-electron chi connectivity index (χ1n) is 13.1. The van der Waals surface area contributed by atoms with Gasteiger partial charge in [0.2, 0.25) is 5.75 Å². The molecule has 11 heteroatoms. The van der Waals surface area contributed by atoms with E-state index in [9.17, 15) is 29.8 Å². The molecule has 4 aromatic rings. The second kappa shape index (κ2) is 9.44. The van der Waals surface area contributed by atoms with Gasteiger partial charge in [0.15, 0.2) is 0 Å². The van der Waals surface area contributed by atoms with Gasteiger partial charge in [-0.25, -0.2) is 0 Å². The number of rotatable bonds is 6. The molecule has 0 spiro atoms. The fraction of sp³-hybridized carbons (Fsp3) is 0.129. The minimum absolute atomic E-state index is 0.153. The van der Waals surface area contributed by atoms with Crippen LogP contribution in [0.4, 0.5) is 11.4 Å². The van der Waals surface area contributed by atoms with E-state index in [1.807, 2.05) is 48.5 Å². The van der Waals surface area contributed by atoms with Crippen molar-refractivity contribution in [3.8, 4) is 11.5 Å². The molecule has 2 amide bonds. The molecule has 11 nitrogen and oxygen atoms in total. The van der Waals surface area contributed by atoms with E-state index in [1.165, 1.54) is 24.4 Å². The Bertz CT molecular complexity index is 1740. The largest absolute Gasteiger partial charge is 0.450 e. The molecule has 8 rings (SSSR count). The van der Waals surface area contributed by atoms with Crippen LogP contribution >= 0.6 is 0 Å².